The number of hydrogen-bond acceptors (Lipinski definition) is 4. The molecule has 27 heavy (non-hydrogen) atoms. The zero-order valence-electron chi connectivity index (χ0n) is 16.5. The van der Waals surface area contributed by atoms with Crippen LogP contribution in [0.4, 0.5) is 0 Å². The van der Waals surface area contributed by atoms with Gasteiger partial charge in [-0.25, -0.2) is 0 Å². The molecule has 0 aliphatic carbocycles. The summed E-state index contributed by atoms with van der Waals surface area (Å²) in [6, 6.07) is 13.9. The van der Waals surface area contributed by atoms with E-state index >= 15 is 0 Å². The summed E-state index contributed by atoms with van der Waals surface area (Å²) in [5.41, 5.74) is 1.86. The molecule has 3 rings (SSSR count). The number of ether oxygens (including phenoxy) is 2. The Kier molecular flexibility index (Phi) is 5.70. The van der Waals surface area contributed by atoms with Gasteiger partial charge < -0.3 is 14.8 Å². The van der Waals surface area contributed by atoms with E-state index < -0.39 is 0 Å². The van der Waals surface area contributed by atoms with Crippen molar-refractivity contribution in [3.63, 3.8) is 0 Å². The summed E-state index contributed by atoms with van der Waals surface area (Å²) in [4.78, 5) is 13.9. The number of rotatable bonds is 5. The molecule has 0 spiro atoms. The summed E-state index contributed by atoms with van der Waals surface area (Å²) in [6.45, 7) is 8.08. The number of aryl methyl sites for hydroxylation is 1. The minimum absolute atomic E-state index is 0.0324. The zero-order valence-corrected chi connectivity index (χ0v) is 17.4. The largest absolute Gasteiger partial charge is 0.497 e. The quantitative estimate of drug-likeness (QED) is 0.744. The van der Waals surface area contributed by atoms with Gasteiger partial charge in [-0.1, -0.05) is 17.7 Å². The maximum Gasteiger partial charge on any atom is 0.233 e. The molecule has 0 saturated heterocycles. The highest BCUT2D eigenvalue weighted by Crippen LogP contribution is 2.41. The molecule has 1 aliphatic heterocycles. The van der Waals surface area contributed by atoms with Gasteiger partial charge in [0.15, 0.2) is 0 Å². The number of carbonyl (C=O) groups is 1. The molecule has 0 aromatic heterocycles. The van der Waals surface area contributed by atoms with E-state index in [1.54, 1.807) is 18.9 Å². The standard InChI is InChI=1S/C22H27NO3S/c1-14-6-9-17(10-7-14)27-15(2)21(24)23-19-13-22(3,4)26-20-12-16(25-5)8-11-18(19)20/h6-12,15,19H,13H2,1-5H3,(H,23,24)/t15-,19+/m0/s1. The lowest BCUT2D eigenvalue weighted by Crippen LogP contribution is -2.43. The molecule has 2 aromatic rings. The molecule has 0 unspecified atom stereocenters. The Morgan fingerprint density at radius 1 is 1.26 bits per heavy atom. The van der Waals surface area contributed by atoms with Crippen molar-refractivity contribution >= 4 is 17.7 Å². The topological polar surface area (TPSA) is 47.6 Å². The van der Waals surface area contributed by atoms with Crippen LogP contribution in [-0.2, 0) is 4.79 Å². The van der Waals surface area contributed by atoms with Gasteiger partial charge in [0.05, 0.1) is 18.4 Å². The minimum atomic E-state index is -0.356. The minimum Gasteiger partial charge on any atom is -0.497 e. The second-order valence-electron chi connectivity index (χ2n) is 7.60. The van der Waals surface area contributed by atoms with E-state index in [0.29, 0.717) is 0 Å². The van der Waals surface area contributed by atoms with E-state index in [-0.39, 0.29) is 22.8 Å². The third kappa shape index (κ3) is 4.78. The highest BCUT2D eigenvalue weighted by Gasteiger charge is 2.35. The van der Waals surface area contributed by atoms with Crippen LogP contribution in [0.25, 0.3) is 0 Å². The molecule has 1 aliphatic rings. The van der Waals surface area contributed by atoms with Crippen molar-refractivity contribution in [2.75, 3.05) is 7.11 Å². The van der Waals surface area contributed by atoms with Crippen LogP contribution in [0.1, 0.15) is 44.4 Å². The van der Waals surface area contributed by atoms with Crippen LogP contribution < -0.4 is 14.8 Å². The molecule has 2 atom stereocenters. The van der Waals surface area contributed by atoms with Crippen molar-refractivity contribution < 1.29 is 14.3 Å². The Hall–Kier alpha value is -2.14. The second kappa shape index (κ2) is 7.85. The molecule has 1 amide bonds. The Balaban J connectivity index is 1.74. The number of fused-ring (bicyclic) bond motifs is 1. The van der Waals surface area contributed by atoms with Crippen molar-refractivity contribution in [3.8, 4) is 11.5 Å². The maximum absolute atomic E-state index is 12.8. The number of carbonyl (C=O) groups excluding carboxylic acids is 1. The van der Waals surface area contributed by atoms with Gasteiger partial charge in [-0.2, -0.15) is 0 Å². The van der Waals surface area contributed by atoms with Crippen molar-refractivity contribution in [2.24, 2.45) is 0 Å². The third-order valence-corrected chi connectivity index (χ3v) is 5.81. The predicted molar refractivity (Wildman–Crippen MR) is 110 cm³/mol. The number of nitrogens with one attached hydrogen (secondary N) is 1. The highest BCUT2D eigenvalue weighted by atomic mass is 32.2. The Labute approximate surface area is 165 Å². The van der Waals surface area contributed by atoms with Gasteiger partial charge >= 0.3 is 0 Å². The van der Waals surface area contributed by atoms with Gasteiger partial charge in [0, 0.05) is 22.9 Å². The van der Waals surface area contributed by atoms with Gasteiger partial charge in [0.1, 0.15) is 17.1 Å². The highest BCUT2D eigenvalue weighted by molar-refractivity contribution is 8.00. The number of hydrogen-bond donors (Lipinski definition) is 1. The first kappa shape index (κ1) is 19.6. The van der Waals surface area contributed by atoms with E-state index in [4.69, 9.17) is 9.47 Å². The SMILES string of the molecule is COc1ccc2c(c1)OC(C)(C)C[C@H]2NC(=O)[C@H](C)Sc1ccc(C)cc1. The van der Waals surface area contributed by atoms with Crippen molar-refractivity contribution in [3.05, 3.63) is 53.6 Å². The lowest BCUT2D eigenvalue weighted by molar-refractivity contribution is -0.121. The Morgan fingerprint density at radius 2 is 1.96 bits per heavy atom. The normalized spacial score (nSPS) is 18.8. The molecular weight excluding hydrogens is 358 g/mol. The average molecular weight is 386 g/mol. The number of amides is 1. The summed E-state index contributed by atoms with van der Waals surface area (Å²) >= 11 is 1.57. The van der Waals surface area contributed by atoms with Crippen LogP contribution >= 0.6 is 11.8 Å². The summed E-state index contributed by atoms with van der Waals surface area (Å²) in [5.74, 6) is 1.56. The van der Waals surface area contributed by atoms with Crippen LogP contribution in [0.5, 0.6) is 11.5 Å². The third-order valence-electron chi connectivity index (χ3n) is 4.70. The van der Waals surface area contributed by atoms with Crippen LogP contribution in [0.3, 0.4) is 0 Å². The molecule has 2 aromatic carbocycles. The van der Waals surface area contributed by atoms with E-state index in [9.17, 15) is 4.79 Å². The molecule has 0 saturated carbocycles. The first-order valence-electron chi connectivity index (χ1n) is 9.18. The number of thioether (sulfide) groups is 1. The fraction of sp³-hybridized carbons (Fsp3) is 0.409. The maximum atomic E-state index is 12.8. The van der Waals surface area contributed by atoms with Crippen LogP contribution in [0.2, 0.25) is 0 Å². The first-order valence-corrected chi connectivity index (χ1v) is 10.1. The molecule has 0 radical (unpaired) electrons. The van der Waals surface area contributed by atoms with Crippen LogP contribution in [-0.4, -0.2) is 23.9 Å². The smallest absolute Gasteiger partial charge is 0.233 e. The molecular formula is C22H27NO3S. The van der Waals surface area contributed by atoms with Gasteiger partial charge in [0.2, 0.25) is 5.91 Å². The lowest BCUT2D eigenvalue weighted by atomic mass is 9.89. The van der Waals surface area contributed by atoms with Crippen molar-refractivity contribution in [1.82, 2.24) is 5.32 Å². The van der Waals surface area contributed by atoms with E-state index in [2.05, 4.69) is 36.5 Å². The zero-order chi connectivity index (χ0) is 19.6. The molecule has 1 heterocycles. The summed E-state index contributed by atoms with van der Waals surface area (Å²) < 4.78 is 11.4. The Bertz CT molecular complexity index is 817. The summed E-state index contributed by atoms with van der Waals surface area (Å²) in [6.07, 6.45) is 0.722. The number of methoxy groups -OCH3 is 1. The van der Waals surface area contributed by atoms with Gasteiger partial charge in [-0.05, 0) is 52.0 Å². The molecule has 5 heteroatoms. The number of benzene rings is 2. The molecule has 0 bridgehead atoms. The van der Waals surface area contributed by atoms with E-state index in [1.165, 1.54) is 5.56 Å². The summed E-state index contributed by atoms with van der Waals surface area (Å²) in [5, 5.41) is 3.04. The fourth-order valence-electron chi connectivity index (χ4n) is 3.25. The van der Waals surface area contributed by atoms with Gasteiger partial charge in [0.25, 0.3) is 0 Å². The van der Waals surface area contributed by atoms with Crippen molar-refractivity contribution in [1.29, 1.82) is 0 Å². The van der Waals surface area contributed by atoms with Gasteiger partial charge in [-0.3, -0.25) is 4.79 Å². The Morgan fingerprint density at radius 3 is 2.63 bits per heavy atom. The average Bonchev–Trinajstić information content (AvgIpc) is 2.62. The lowest BCUT2D eigenvalue weighted by Gasteiger charge is -2.38. The van der Waals surface area contributed by atoms with Crippen molar-refractivity contribution in [2.45, 2.75) is 55.9 Å². The second-order valence-corrected chi connectivity index (χ2v) is 9.02. The molecule has 1 N–H and O–H groups in total. The molecule has 4 nitrogen and oxygen atoms in total. The van der Waals surface area contributed by atoms with Gasteiger partial charge in [-0.15, -0.1) is 11.8 Å². The van der Waals surface area contributed by atoms with E-state index in [0.717, 1.165) is 28.4 Å². The van der Waals surface area contributed by atoms with E-state index in [1.807, 2.05) is 39.0 Å². The first-order chi connectivity index (χ1) is 12.8. The van der Waals surface area contributed by atoms with Crippen LogP contribution in [0.15, 0.2) is 47.4 Å². The monoisotopic (exact) mass is 385 g/mol. The van der Waals surface area contributed by atoms with Crippen LogP contribution in [0, 0.1) is 6.92 Å². The fourth-order valence-corrected chi connectivity index (χ4v) is 4.13. The summed E-state index contributed by atoms with van der Waals surface area (Å²) in [7, 11) is 1.64. The molecule has 144 valence electrons. The predicted octanol–water partition coefficient (Wildman–Crippen LogP) is 4.90. The molecule has 0 fully saturated rings.